The van der Waals surface area contributed by atoms with Gasteiger partial charge in [0.15, 0.2) is 0 Å². The standard InChI is InChI=1S/C19H20ClN3O3/c1-12(24)21-17-8-15(9-18(10-17)22-13(2)25)19(26)23(3)11-14-4-6-16(20)7-5-14/h4-10H,11H2,1-3H3,(H,21,24)(H,22,25). The molecule has 0 aromatic heterocycles. The minimum Gasteiger partial charge on any atom is -0.337 e. The fourth-order valence-electron chi connectivity index (χ4n) is 2.46. The molecule has 6 nitrogen and oxygen atoms in total. The number of nitrogens with zero attached hydrogens (tertiary/aromatic N) is 1. The highest BCUT2D eigenvalue weighted by Crippen LogP contribution is 2.21. The van der Waals surface area contributed by atoms with E-state index in [-0.39, 0.29) is 17.7 Å². The molecule has 0 fully saturated rings. The highest BCUT2D eigenvalue weighted by Gasteiger charge is 2.15. The van der Waals surface area contributed by atoms with Gasteiger partial charge in [-0.3, -0.25) is 14.4 Å². The quantitative estimate of drug-likeness (QED) is 0.841. The number of anilines is 2. The molecule has 2 aromatic carbocycles. The number of amides is 3. The molecule has 2 aromatic rings. The number of benzene rings is 2. The molecule has 0 atom stereocenters. The lowest BCUT2D eigenvalue weighted by atomic mass is 10.1. The average Bonchev–Trinajstić information content (AvgIpc) is 2.54. The van der Waals surface area contributed by atoms with E-state index in [9.17, 15) is 14.4 Å². The van der Waals surface area contributed by atoms with Crippen molar-refractivity contribution in [1.82, 2.24) is 4.90 Å². The topological polar surface area (TPSA) is 78.5 Å². The van der Waals surface area contributed by atoms with Crippen LogP contribution in [0.4, 0.5) is 11.4 Å². The first kappa shape index (κ1) is 19.5. The van der Waals surface area contributed by atoms with E-state index in [4.69, 9.17) is 11.6 Å². The number of nitrogens with one attached hydrogen (secondary N) is 2. The van der Waals surface area contributed by atoms with Crippen molar-refractivity contribution in [3.63, 3.8) is 0 Å². The molecule has 0 saturated heterocycles. The second kappa shape index (κ2) is 8.49. The maximum Gasteiger partial charge on any atom is 0.254 e. The summed E-state index contributed by atoms with van der Waals surface area (Å²) in [5, 5.41) is 5.90. The molecular formula is C19H20ClN3O3. The molecule has 2 N–H and O–H groups in total. The zero-order valence-electron chi connectivity index (χ0n) is 14.8. The van der Waals surface area contributed by atoms with Crippen molar-refractivity contribution in [3.8, 4) is 0 Å². The van der Waals surface area contributed by atoms with Crippen molar-refractivity contribution in [2.24, 2.45) is 0 Å². The maximum absolute atomic E-state index is 12.8. The van der Waals surface area contributed by atoms with E-state index in [0.29, 0.717) is 28.5 Å². The van der Waals surface area contributed by atoms with Crippen molar-refractivity contribution >= 4 is 40.7 Å². The molecule has 2 rings (SSSR count). The number of hydrogen-bond donors (Lipinski definition) is 2. The Hall–Kier alpha value is -2.86. The number of halogens is 1. The van der Waals surface area contributed by atoms with Crippen LogP contribution in [0.2, 0.25) is 5.02 Å². The Morgan fingerprint density at radius 1 is 0.923 bits per heavy atom. The van der Waals surface area contributed by atoms with Crippen molar-refractivity contribution in [2.45, 2.75) is 20.4 Å². The van der Waals surface area contributed by atoms with Crippen LogP contribution in [0.15, 0.2) is 42.5 Å². The molecule has 136 valence electrons. The predicted molar refractivity (Wildman–Crippen MR) is 102 cm³/mol. The van der Waals surface area contributed by atoms with Crippen LogP contribution >= 0.6 is 11.6 Å². The zero-order valence-corrected chi connectivity index (χ0v) is 15.6. The van der Waals surface area contributed by atoms with E-state index in [2.05, 4.69) is 10.6 Å². The highest BCUT2D eigenvalue weighted by molar-refractivity contribution is 6.30. The molecule has 0 aliphatic carbocycles. The lowest BCUT2D eigenvalue weighted by Gasteiger charge is -2.19. The molecule has 0 spiro atoms. The van der Waals surface area contributed by atoms with Gasteiger partial charge in [-0.1, -0.05) is 23.7 Å². The Labute approximate surface area is 157 Å². The van der Waals surface area contributed by atoms with E-state index in [1.54, 1.807) is 42.3 Å². The third kappa shape index (κ3) is 5.60. The molecule has 26 heavy (non-hydrogen) atoms. The largest absolute Gasteiger partial charge is 0.337 e. The van der Waals surface area contributed by atoms with E-state index in [0.717, 1.165) is 5.56 Å². The first-order valence-corrected chi connectivity index (χ1v) is 8.32. The van der Waals surface area contributed by atoms with Crippen LogP contribution in [0, 0.1) is 0 Å². The molecule has 0 bridgehead atoms. The van der Waals surface area contributed by atoms with Gasteiger partial charge in [0.05, 0.1) is 0 Å². The summed E-state index contributed by atoms with van der Waals surface area (Å²) < 4.78 is 0. The molecular weight excluding hydrogens is 354 g/mol. The van der Waals surface area contributed by atoms with E-state index < -0.39 is 0 Å². The molecule has 0 heterocycles. The molecule has 0 saturated carbocycles. The monoisotopic (exact) mass is 373 g/mol. The summed E-state index contributed by atoms with van der Waals surface area (Å²) in [6.45, 7) is 3.15. The second-order valence-electron chi connectivity index (χ2n) is 5.95. The maximum atomic E-state index is 12.8. The normalized spacial score (nSPS) is 10.2. The predicted octanol–water partition coefficient (Wildman–Crippen LogP) is 3.53. The molecule has 0 unspecified atom stereocenters. The van der Waals surface area contributed by atoms with E-state index in [1.807, 2.05) is 12.1 Å². The van der Waals surface area contributed by atoms with Gasteiger partial charge in [0.25, 0.3) is 5.91 Å². The van der Waals surface area contributed by atoms with Crippen molar-refractivity contribution in [2.75, 3.05) is 17.7 Å². The van der Waals surface area contributed by atoms with Crippen molar-refractivity contribution < 1.29 is 14.4 Å². The highest BCUT2D eigenvalue weighted by atomic mass is 35.5. The summed E-state index contributed by atoms with van der Waals surface area (Å²) in [5.74, 6) is -0.769. The fourth-order valence-corrected chi connectivity index (χ4v) is 2.58. The van der Waals surface area contributed by atoms with E-state index >= 15 is 0 Å². The SMILES string of the molecule is CC(=O)Nc1cc(NC(C)=O)cc(C(=O)N(C)Cc2ccc(Cl)cc2)c1. The third-order valence-corrected chi connectivity index (χ3v) is 3.75. The van der Waals surface area contributed by atoms with Gasteiger partial charge in [-0.25, -0.2) is 0 Å². The van der Waals surface area contributed by atoms with Gasteiger partial charge in [-0.15, -0.1) is 0 Å². The van der Waals surface area contributed by atoms with Crippen LogP contribution in [0.1, 0.15) is 29.8 Å². The van der Waals surface area contributed by atoms with Gasteiger partial charge >= 0.3 is 0 Å². The lowest BCUT2D eigenvalue weighted by Crippen LogP contribution is -2.26. The summed E-state index contributed by atoms with van der Waals surface area (Å²) in [4.78, 5) is 37.0. The van der Waals surface area contributed by atoms with E-state index in [1.165, 1.54) is 13.8 Å². The Balaban J connectivity index is 2.25. The second-order valence-corrected chi connectivity index (χ2v) is 6.39. The van der Waals surface area contributed by atoms with Gasteiger partial charge in [-0.05, 0) is 35.9 Å². The van der Waals surface area contributed by atoms with Crippen LogP contribution < -0.4 is 10.6 Å². The average molecular weight is 374 g/mol. The number of carbonyl (C=O) groups is 3. The lowest BCUT2D eigenvalue weighted by molar-refractivity contribution is -0.115. The number of rotatable bonds is 5. The van der Waals surface area contributed by atoms with Gasteiger partial charge in [0, 0.05) is 49.4 Å². The summed E-state index contributed by atoms with van der Waals surface area (Å²) in [5.41, 5.74) is 2.17. The summed E-state index contributed by atoms with van der Waals surface area (Å²) >= 11 is 5.87. The van der Waals surface area contributed by atoms with Crippen LogP contribution in [-0.2, 0) is 16.1 Å². The number of carbonyl (C=O) groups excluding carboxylic acids is 3. The van der Waals surface area contributed by atoms with Gasteiger partial charge < -0.3 is 15.5 Å². The fraction of sp³-hybridized carbons (Fsp3) is 0.211. The Morgan fingerprint density at radius 3 is 1.88 bits per heavy atom. The van der Waals surface area contributed by atoms with Gasteiger partial charge in [0.2, 0.25) is 11.8 Å². The number of hydrogen-bond acceptors (Lipinski definition) is 3. The van der Waals surface area contributed by atoms with Crippen molar-refractivity contribution in [1.29, 1.82) is 0 Å². The Morgan fingerprint density at radius 2 is 1.42 bits per heavy atom. The summed E-state index contributed by atoms with van der Waals surface area (Å²) in [6.07, 6.45) is 0. The van der Waals surface area contributed by atoms with Gasteiger partial charge in [-0.2, -0.15) is 0 Å². The van der Waals surface area contributed by atoms with Crippen LogP contribution in [0.3, 0.4) is 0 Å². The minimum atomic E-state index is -0.266. The molecule has 0 aliphatic heterocycles. The Kier molecular flexibility index (Phi) is 6.36. The van der Waals surface area contributed by atoms with Gasteiger partial charge in [0.1, 0.15) is 0 Å². The summed E-state index contributed by atoms with van der Waals surface area (Å²) in [7, 11) is 1.68. The molecule has 0 aliphatic rings. The zero-order chi connectivity index (χ0) is 19.3. The Bertz CT molecular complexity index is 800. The van der Waals surface area contributed by atoms with Crippen LogP contribution in [0.25, 0.3) is 0 Å². The van der Waals surface area contributed by atoms with Crippen LogP contribution in [0.5, 0.6) is 0 Å². The van der Waals surface area contributed by atoms with Crippen molar-refractivity contribution in [3.05, 3.63) is 58.6 Å². The smallest absolute Gasteiger partial charge is 0.254 e. The molecule has 3 amide bonds. The third-order valence-electron chi connectivity index (χ3n) is 3.50. The minimum absolute atomic E-state index is 0.237. The van der Waals surface area contributed by atoms with Crippen LogP contribution in [-0.4, -0.2) is 29.7 Å². The summed E-state index contributed by atoms with van der Waals surface area (Å²) in [6, 6.07) is 12.0. The molecule has 7 heteroatoms. The first-order chi connectivity index (χ1) is 12.2. The first-order valence-electron chi connectivity index (χ1n) is 7.95. The molecule has 0 radical (unpaired) electrons.